The van der Waals surface area contributed by atoms with Gasteiger partial charge < -0.3 is 0 Å². The van der Waals surface area contributed by atoms with Gasteiger partial charge in [-0.25, -0.2) is 5.11 Å². The van der Waals surface area contributed by atoms with E-state index in [4.69, 9.17) is 5.26 Å². The molecule has 0 heterocycles. The zero-order valence-electron chi connectivity index (χ0n) is 7.88. The van der Waals surface area contributed by atoms with Crippen molar-refractivity contribution in [2.24, 2.45) is 0 Å². The molecular weight excluding hydrogens is 150 g/mol. The first-order valence-corrected chi connectivity index (χ1v) is 4.86. The van der Waals surface area contributed by atoms with Crippen LogP contribution in [-0.4, -0.2) is 6.10 Å². The maximum absolute atomic E-state index is 10.6. The van der Waals surface area contributed by atoms with Crippen LogP contribution in [0.15, 0.2) is 0 Å². The van der Waals surface area contributed by atoms with Gasteiger partial charge in [0.25, 0.3) is 0 Å². The molecule has 1 atom stereocenters. The average Bonchev–Trinajstić information content (AvgIpc) is 2.10. The lowest BCUT2D eigenvalue weighted by atomic mass is 10.1. The standard InChI is InChI=1S/C10H18NO/c1-2-3-4-5-6-7-8-10(12)9-11/h10H,2-8H2,1H3. The molecule has 2 nitrogen and oxygen atoms in total. The van der Waals surface area contributed by atoms with Gasteiger partial charge in [0, 0.05) is 0 Å². The molecule has 2 heteroatoms. The normalized spacial score (nSPS) is 12.4. The highest BCUT2D eigenvalue weighted by Crippen LogP contribution is 2.08. The molecule has 0 N–H and O–H groups in total. The first-order chi connectivity index (χ1) is 5.81. The summed E-state index contributed by atoms with van der Waals surface area (Å²) in [7, 11) is 0. The van der Waals surface area contributed by atoms with Crippen LogP contribution in [0.2, 0.25) is 0 Å². The molecule has 0 aliphatic heterocycles. The molecule has 1 unspecified atom stereocenters. The van der Waals surface area contributed by atoms with Crippen LogP contribution < -0.4 is 0 Å². The van der Waals surface area contributed by atoms with Crippen LogP contribution in [0, 0.1) is 11.3 Å². The Hall–Kier alpha value is -0.550. The fraction of sp³-hybridized carbons (Fsp3) is 0.900. The van der Waals surface area contributed by atoms with Crippen molar-refractivity contribution in [1.29, 1.82) is 5.26 Å². The van der Waals surface area contributed by atoms with E-state index in [0.717, 1.165) is 12.8 Å². The number of hydrogen-bond acceptors (Lipinski definition) is 1. The van der Waals surface area contributed by atoms with Gasteiger partial charge in [-0.1, -0.05) is 39.0 Å². The van der Waals surface area contributed by atoms with Crippen molar-refractivity contribution >= 4 is 0 Å². The van der Waals surface area contributed by atoms with Crippen molar-refractivity contribution in [3.8, 4) is 6.07 Å². The summed E-state index contributed by atoms with van der Waals surface area (Å²) in [5, 5.41) is 18.8. The highest BCUT2D eigenvalue weighted by atomic mass is 16.3. The van der Waals surface area contributed by atoms with Gasteiger partial charge in [-0.15, -0.1) is 0 Å². The Morgan fingerprint density at radius 3 is 2.33 bits per heavy atom. The molecule has 0 amide bonds. The molecule has 0 saturated heterocycles. The quantitative estimate of drug-likeness (QED) is 0.539. The van der Waals surface area contributed by atoms with E-state index in [9.17, 15) is 5.11 Å². The van der Waals surface area contributed by atoms with E-state index in [1.165, 1.54) is 25.7 Å². The topological polar surface area (TPSA) is 43.7 Å². The van der Waals surface area contributed by atoms with Crippen LogP contribution in [0.1, 0.15) is 51.9 Å². The fourth-order valence-electron chi connectivity index (χ4n) is 1.17. The summed E-state index contributed by atoms with van der Waals surface area (Å²) >= 11 is 0. The van der Waals surface area contributed by atoms with Crippen molar-refractivity contribution in [3.05, 3.63) is 0 Å². The van der Waals surface area contributed by atoms with Gasteiger partial charge in [0.15, 0.2) is 6.10 Å². The van der Waals surface area contributed by atoms with Crippen LogP contribution in [-0.2, 0) is 5.11 Å². The maximum Gasteiger partial charge on any atom is 0.179 e. The maximum atomic E-state index is 10.6. The van der Waals surface area contributed by atoms with Crippen LogP contribution in [0.3, 0.4) is 0 Å². The van der Waals surface area contributed by atoms with Crippen LogP contribution >= 0.6 is 0 Å². The highest BCUT2D eigenvalue weighted by Gasteiger charge is 2.01. The summed E-state index contributed by atoms with van der Waals surface area (Å²) in [5.41, 5.74) is 0. The second-order valence-corrected chi connectivity index (χ2v) is 3.17. The predicted molar refractivity (Wildman–Crippen MR) is 48.1 cm³/mol. The summed E-state index contributed by atoms with van der Waals surface area (Å²) < 4.78 is 0. The third-order valence-corrected chi connectivity index (χ3v) is 1.96. The number of nitrogens with zero attached hydrogens (tertiary/aromatic N) is 1. The van der Waals surface area contributed by atoms with Gasteiger partial charge >= 0.3 is 0 Å². The molecule has 0 bridgehead atoms. The summed E-state index contributed by atoms with van der Waals surface area (Å²) in [6.07, 6.45) is 6.60. The van der Waals surface area contributed by atoms with E-state index in [2.05, 4.69) is 6.92 Å². The minimum Gasteiger partial charge on any atom is -0.217 e. The van der Waals surface area contributed by atoms with Crippen molar-refractivity contribution in [1.82, 2.24) is 0 Å². The fourth-order valence-corrected chi connectivity index (χ4v) is 1.17. The average molecular weight is 168 g/mol. The molecule has 0 saturated carbocycles. The van der Waals surface area contributed by atoms with Crippen LogP contribution in [0.25, 0.3) is 0 Å². The Labute approximate surface area is 75.2 Å². The van der Waals surface area contributed by atoms with Crippen molar-refractivity contribution in [2.75, 3.05) is 0 Å². The van der Waals surface area contributed by atoms with Crippen molar-refractivity contribution in [3.63, 3.8) is 0 Å². The van der Waals surface area contributed by atoms with Gasteiger partial charge in [0.1, 0.15) is 0 Å². The molecule has 0 aromatic heterocycles. The van der Waals surface area contributed by atoms with E-state index in [0.29, 0.717) is 6.42 Å². The van der Waals surface area contributed by atoms with E-state index in [1.54, 1.807) is 6.07 Å². The van der Waals surface area contributed by atoms with Gasteiger partial charge in [-0.2, -0.15) is 5.26 Å². The zero-order chi connectivity index (χ0) is 9.23. The lowest BCUT2D eigenvalue weighted by Crippen LogP contribution is -1.99. The van der Waals surface area contributed by atoms with E-state index in [-0.39, 0.29) is 0 Å². The predicted octanol–water partition coefficient (Wildman–Crippen LogP) is 3.06. The third-order valence-electron chi connectivity index (χ3n) is 1.96. The molecule has 12 heavy (non-hydrogen) atoms. The summed E-state index contributed by atoms with van der Waals surface area (Å²) in [6.45, 7) is 2.18. The Kier molecular flexibility index (Phi) is 8.15. The SMILES string of the molecule is CCCCCCCCC([O])C#N. The summed E-state index contributed by atoms with van der Waals surface area (Å²) in [6, 6.07) is 1.71. The number of hydrogen-bond donors (Lipinski definition) is 0. The molecule has 0 aliphatic carbocycles. The molecule has 0 aromatic carbocycles. The van der Waals surface area contributed by atoms with Gasteiger partial charge in [-0.05, 0) is 12.8 Å². The molecule has 69 valence electrons. The first kappa shape index (κ1) is 11.4. The van der Waals surface area contributed by atoms with Crippen molar-refractivity contribution < 1.29 is 5.11 Å². The minimum atomic E-state index is -0.990. The molecule has 0 rings (SSSR count). The van der Waals surface area contributed by atoms with E-state index >= 15 is 0 Å². The second-order valence-electron chi connectivity index (χ2n) is 3.17. The minimum absolute atomic E-state index is 0.530. The van der Waals surface area contributed by atoms with Crippen molar-refractivity contribution in [2.45, 2.75) is 58.0 Å². The van der Waals surface area contributed by atoms with E-state index < -0.39 is 6.10 Å². The number of rotatable bonds is 7. The second kappa shape index (κ2) is 8.55. The van der Waals surface area contributed by atoms with Crippen LogP contribution in [0.5, 0.6) is 0 Å². The lowest BCUT2D eigenvalue weighted by molar-refractivity contribution is 0.125. The Morgan fingerprint density at radius 2 is 1.75 bits per heavy atom. The lowest BCUT2D eigenvalue weighted by Gasteiger charge is -1.99. The summed E-state index contributed by atoms with van der Waals surface area (Å²) in [4.78, 5) is 0. The molecule has 0 fully saturated rings. The smallest absolute Gasteiger partial charge is 0.179 e. The highest BCUT2D eigenvalue weighted by molar-refractivity contribution is 4.80. The molecular formula is C10H18NO. The Morgan fingerprint density at radius 1 is 1.17 bits per heavy atom. The Balaban J connectivity index is 2.96. The molecule has 0 aromatic rings. The monoisotopic (exact) mass is 168 g/mol. The van der Waals surface area contributed by atoms with Gasteiger partial charge in [0.05, 0.1) is 6.07 Å². The van der Waals surface area contributed by atoms with Gasteiger partial charge in [0.2, 0.25) is 0 Å². The van der Waals surface area contributed by atoms with E-state index in [1.807, 2.05) is 0 Å². The number of unbranched alkanes of at least 4 members (excludes halogenated alkanes) is 5. The number of nitriles is 1. The molecule has 1 radical (unpaired) electrons. The first-order valence-electron chi connectivity index (χ1n) is 4.86. The Bertz CT molecular complexity index is 128. The zero-order valence-corrected chi connectivity index (χ0v) is 7.88. The van der Waals surface area contributed by atoms with Gasteiger partial charge in [-0.3, -0.25) is 0 Å². The molecule has 0 aliphatic rings. The molecule has 0 spiro atoms. The largest absolute Gasteiger partial charge is 0.217 e. The summed E-state index contributed by atoms with van der Waals surface area (Å²) in [5.74, 6) is 0. The van der Waals surface area contributed by atoms with Crippen LogP contribution in [0.4, 0.5) is 0 Å². The third kappa shape index (κ3) is 7.56.